The van der Waals surface area contributed by atoms with Crippen LogP contribution in [0.15, 0.2) is 42.5 Å². The number of benzene rings is 2. The van der Waals surface area contributed by atoms with Crippen LogP contribution in [0.1, 0.15) is 54.7 Å². The molecule has 0 aromatic heterocycles. The molecule has 0 spiro atoms. The van der Waals surface area contributed by atoms with E-state index in [9.17, 15) is 13.2 Å². The quantitative estimate of drug-likeness (QED) is 0.581. The number of halogens is 1. The number of nitrogens with one attached hydrogen (secondary N) is 1. The molecule has 2 aromatic carbocycles. The van der Waals surface area contributed by atoms with Crippen molar-refractivity contribution < 1.29 is 17.9 Å². The van der Waals surface area contributed by atoms with Gasteiger partial charge >= 0.3 is 0 Å². The molecule has 32 heavy (non-hydrogen) atoms. The number of nitrogens with zero attached hydrogens (tertiary/aromatic N) is 1. The maximum absolute atomic E-state index is 13.8. The summed E-state index contributed by atoms with van der Waals surface area (Å²) in [6.45, 7) is 2.75. The minimum absolute atomic E-state index is 0.184. The van der Waals surface area contributed by atoms with E-state index in [2.05, 4.69) is 21.8 Å². The van der Waals surface area contributed by atoms with Crippen LogP contribution in [0.5, 0.6) is 5.75 Å². The molecule has 1 saturated heterocycles. The van der Waals surface area contributed by atoms with Gasteiger partial charge in [0.25, 0.3) is 0 Å². The Balaban J connectivity index is 1.30. The smallest absolute Gasteiger partial charge is 0.123 e. The number of likely N-dealkylation sites (tertiary alicyclic amines) is 1. The van der Waals surface area contributed by atoms with Crippen molar-refractivity contribution in [1.82, 2.24) is 9.62 Å². The molecule has 2 fully saturated rings. The molecule has 3 aliphatic rings. The van der Waals surface area contributed by atoms with Gasteiger partial charge in [-0.15, -0.1) is 0 Å². The molecular weight excluding hydrogens is 427 g/mol. The van der Waals surface area contributed by atoms with Crippen molar-refractivity contribution in [2.75, 3.05) is 19.7 Å². The lowest BCUT2D eigenvalue weighted by atomic mass is 9.75. The number of hydrogen-bond acceptors (Lipinski definition) is 4. The zero-order valence-electron chi connectivity index (χ0n) is 18.2. The van der Waals surface area contributed by atoms with Crippen LogP contribution in [0, 0.1) is 5.82 Å². The molecule has 0 radical (unpaired) electrons. The molecule has 5 nitrogen and oxygen atoms in total. The van der Waals surface area contributed by atoms with Crippen molar-refractivity contribution >= 4 is 11.3 Å². The van der Waals surface area contributed by atoms with E-state index in [1.54, 1.807) is 12.1 Å². The highest BCUT2D eigenvalue weighted by molar-refractivity contribution is 7.77. The van der Waals surface area contributed by atoms with Crippen LogP contribution >= 0.6 is 0 Å². The average molecular weight is 458 g/mol. The molecule has 5 rings (SSSR count). The first-order valence-electron chi connectivity index (χ1n) is 11.6. The summed E-state index contributed by atoms with van der Waals surface area (Å²) < 4.78 is 44.8. The summed E-state index contributed by atoms with van der Waals surface area (Å²) in [4.78, 5) is 2.56. The van der Waals surface area contributed by atoms with Gasteiger partial charge in [-0.25, -0.2) is 9.11 Å². The van der Waals surface area contributed by atoms with Gasteiger partial charge in [-0.05, 0) is 92.6 Å². The average Bonchev–Trinajstić information content (AvgIpc) is 3.02. The minimum Gasteiger partial charge on any atom is -0.760 e. The molecule has 7 heteroatoms. The van der Waals surface area contributed by atoms with Crippen LogP contribution in [-0.2, 0) is 24.1 Å². The number of fused-ring (bicyclic) bond motifs is 1. The van der Waals surface area contributed by atoms with Crippen molar-refractivity contribution in [3.8, 4) is 5.75 Å². The van der Waals surface area contributed by atoms with Crippen molar-refractivity contribution in [1.29, 1.82) is 0 Å². The largest absolute Gasteiger partial charge is 0.760 e. The van der Waals surface area contributed by atoms with Gasteiger partial charge in [0.15, 0.2) is 0 Å². The Morgan fingerprint density at radius 3 is 2.69 bits per heavy atom. The maximum Gasteiger partial charge on any atom is 0.123 e. The van der Waals surface area contributed by atoms with Crippen molar-refractivity contribution in [3.63, 3.8) is 0 Å². The van der Waals surface area contributed by atoms with E-state index in [0.29, 0.717) is 25.0 Å². The fourth-order valence-corrected chi connectivity index (χ4v) is 6.20. The second kappa shape index (κ2) is 9.21. The van der Waals surface area contributed by atoms with Gasteiger partial charge in [-0.2, -0.15) is 0 Å². The van der Waals surface area contributed by atoms with Gasteiger partial charge in [0.2, 0.25) is 0 Å². The second-order valence-electron chi connectivity index (χ2n) is 9.53. The zero-order valence-corrected chi connectivity index (χ0v) is 19.0. The Hall–Kier alpha value is -1.80. The zero-order chi connectivity index (χ0) is 22.1. The summed E-state index contributed by atoms with van der Waals surface area (Å²) in [5.74, 6) is 0.962. The topological polar surface area (TPSA) is 64.6 Å². The lowest BCUT2D eigenvalue weighted by Gasteiger charge is -2.43. The van der Waals surface area contributed by atoms with E-state index in [0.717, 1.165) is 56.5 Å². The fourth-order valence-electron chi connectivity index (χ4n) is 5.54. The van der Waals surface area contributed by atoms with Gasteiger partial charge in [0.05, 0.1) is 6.61 Å². The summed E-state index contributed by atoms with van der Waals surface area (Å²) in [6, 6.07) is 13.8. The van der Waals surface area contributed by atoms with E-state index >= 15 is 0 Å². The monoisotopic (exact) mass is 457 g/mol. The van der Waals surface area contributed by atoms with Gasteiger partial charge in [0.1, 0.15) is 11.6 Å². The molecule has 2 aliphatic carbocycles. The van der Waals surface area contributed by atoms with Crippen LogP contribution in [0.2, 0.25) is 0 Å². The molecule has 3 unspecified atom stereocenters. The third-order valence-corrected chi connectivity index (χ3v) is 8.17. The summed E-state index contributed by atoms with van der Waals surface area (Å²) >= 11 is -2.25. The molecule has 2 aromatic rings. The highest BCUT2D eigenvalue weighted by atomic mass is 32.2. The Morgan fingerprint density at radius 2 is 2.03 bits per heavy atom. The standard InChI is InChI=1S/C25H31FN2O3S/c26-20-5-1-4-18(14-20)15-23-22-17-21(7-6-19(22)16-24(23)28-11-3-12-28)31-13-10-25(8-2-9-25)27-32(29)30/h1,4-7,14,17,23-24,27H,2-3,8-13,15-16H2,(H,29,30)/p-1. The van der Waals surface area contributed by atoms with E-state index in [1.165, 1.54) is 23.6 Å². The second-order valence-corrected chi connectivity index (χ2v) is 10.2. The number of ether oxygens (including phenoxy) is 1. The van der Waals surface area contributed by atoms with Gasteiger partial charge < -0.3 is 9.29 Å². The Bertz CT molecular complexity index is 993. The first-order chi connectivity index (χ1) is 15.5. The molecule has 1 aliphatic heterocycles. The molecule has 1 saturated carbocycles. The lowest BCUT2D eigenvalue weighted by molar-refractivity contribution is 0.106. The van der Waals surface area contributed by atoms with E-state index in [1.807, 2.05) is 12.1 Å². The highest BCUT2D eigenvalue weighted by Crippen LogP contribution is 2.42. The van der Waals surface area contributed by atoms with Gasteiger partial charge in [-0.1, -0.05) is 18.2 Å². The molecule has 1 N–H and O–H groups in total. The van der Waals surface area contributed by atoms with Crippen molar-refractivity contribution in [2.45, 2.75) is 62.4 Å². The Morgan fingerprint density at radius 1 is 1.19 bits per heavy atom. The number of rotatable bonds is 9. The molecule has 0 bridgehead atoms. The van der Waals surface area contributed by atoms with E-state index in [-0.39, 0.29) is 11.4 Å². The van der Waals surface area contributed by atoms with Crippen LogP contribution in [0.25, 0.3) is 0 Å². The summed E-state index contributed by atoms with van der Waals surface area (Å²) in [5, 5.41) is 0. The summed E-state index contributed by atoms with van der Waals surface area (Å²) in [7, 11) is 0. The predicted octanol–water partition coefficient (Wildman–Crippen LogP) is 3.86. The lowest BCUT2D eigenvalue weighted by Crippen LogP contribution is -2.52. The Kier molecular flexibility index (Phi) is 6.34. The third-order valence-electron chi connectivity index (χ3n) is 7.57. The maximum atomic E-state index is 13.8. The summed E-state index contributed by atoms with van der Waals surface area (Å²) in [6.07, 6.45) is 6.53. The number of hydrogen-bond donors (Lipinski definition) is 1. The van der Waals surface area contributed by atoms with Crippen LogP contribution in [0.3, 0.4) is 0 Å². The Labute approximate surface area is 191 Å². The predicted molar refractivity (Wildman–Crippen MR) is 122 cm³/mol. The van der Waals surface area contributed by atoms with E-state index < -0.39 is 11.3 Å². The summed E-state index contributed by atoms with van der Waals surface area (Å²) in [5.41, 5.74) is 3.35. The van der Waals surface area contributed by atoms with E-state index in [4.69, 9.17) is 4.74 Å². The molecular formula is C25H30FN2O3S-. The molecule has 3 atom stereocenters. The first-order valence-corrected chi connectivity index (χ1v) is 12.7. The fraction of sp³-hybridized carbons (Fsp3) is 0.520. The van der Waals surface area contributed by atoms with Crippen LogP contribution in [-0.4, -0.2) is 44.9 Å². The normalized spacial score (nSPS) is 24.9. The van der Waals surface area contributed by atoms with Crippen molar-refractivity contribution in [2.24, 2.45) is 0 Å². The molecule has 0 amide bonds. The van der Waals surface area contributed by atoms with Gasteiger partial charge in [-0.3, -0.25) is 9.11 Å². The minimum atomic E-state index is -2.25. The van der Waals surface area contributed by atoms with Crippen molar-refractivity contribution in [3.05, 3.63) is 65.0 Å². The first kappa shape index (κ1) is 22.0. The SMILES string of the molecule is O=S([O-])NC1(CCOc2ccc3c(c2)C(Cc2cccc(F)c2)C(N2CCC2)C3)CCC1. The van der Waals surface area contributed by atoms with Crippen LogP contribution in [0.4, 0.5) is 4.39 Å². The highest BCUT2D eigenvalue weighted by Gasteiger charge is 2.39. The van der Waals surface area contributed by atoms with Crippen LogP contribution < -0.4 is 9.46 Å². The molecule has 172 valence electrons. The van der Waals surface area contributed by atoms with Gasteiger partial charge in [0, 0.05) is 35.2 Å². The third kappa shape index (κ3) is 4.62. The molecule has 1 heterocycles.